The largest absolute Gasteiger partial charge is 0.0885 e. The van der Waals surface area contributed by atoms with E-state index in [1.807, 2.05) is 0 Å². The fourth-order valence-electron chi connectivity index (χ4n) is 0.589. The van der Waals surface area contributed by atoms with Crippen molar-refractivity contribution >= 4 is 0 Å². The van der Waals surface area contributed by atoms with E-state index in [-0.39, 0.29) is 0 Å². The van der Waals surface area contributed by atoms with Crippen molar-refractivity contribution in [3.05, 3.63) is 31.7 Å². The van der Waals surface area contributed by atoms with E-state index in [1.54, 1.807) is 6.08 Å². The second-order valence-corrected chi connectivity index (χ2v) is 1.93. The Hall–Kier alpha value is -0.520. The van der Waals surface area contributed by atoms with E-state index in [4.69, 9.17) is 6.58 Å². The van der Waals surface area contributed by atoms with Gasteiger partial charge in [-0.15, -0.1) is 0 Å². The predicted molar refractivity (Wildman–Crippen MR) is 41.8 cm³/mol. The van der Waals surface area contributed by atoms with Crippen LogP contribution in [0.4, 0.5) is 0 Å². The zero-order valence-corrected chi connectivity index (χ0v) is 5.84. The van der Waals surface area contributed by atoms with Crippen LogP contribution in [0, 0.1) is 13.5 Å². The molecule has 0 atom stereocenters. The maximum absolute atomic E-state index is 5.18. The number of allylic oxidation sites excluding steroid dienone is 3. The van der Waals surface area contributed by atoms with Gasteiger partial charge in [0.05, 0.1) is 0 Å². The Bertz CT molecular complexity index is 80.0. The highest BCUT2D eigenvalue weighted by molar-refractivity contribution is 4.82. The number of hydrogen-bond donors (Lipinski definition) is 0. The van der Waals surface area contributed by atoms with Gasteiger partial charge in [0.25, 0.3) is 0 Å². The molecule has 0 aliphatic rings. The maximum atomic E-state index is 5.18. The van der Waals surface area contributed by atoms with Gasteiger partial charge in [0.15, 0.2) is 0 Å². The first-order valence-corrected chi connectivity index (χ1v) is 3.39. The standard InChI is InChI=1S/C9H14/c1-3-5-7-9-8-6-4-2/h1,3,6,8H,2,4-5,7,9H2. The number of hydrogen-bond acceptors (Lipinski definition) is 0. The summed E-state index contributed by atoms with van der Waals surface area (Å²) in [5.74, 6) is 0. The molecule has 2 radical (unpaired) electrons. The van der Waals surface area contributed by atoms with Crippen molar-refractivity contribution in [2.24, 2.45) is 0 Å². The van der Waals surface area contributed by atoms with E-state index in [0.717, 1.165) is 25.7 Å². The van der Waals surface area contributed by atoms with Crippen LogP contribution in [0.5, 0.6) is 0 Å². The molecule has 0 amide bonds. The fourth-order valence-corrected chi connectivity index (χ4v) is 0.589. The quantitative estimate of drug-likeness (QED) is 0.388. The molecule has 0 saturated carbocycles. The average molecular weight is 122 g/mol. The first kappa shape index (κ1) is 8.48. The van der Waals surface area contributed by atoms with Gasteiger partial charge in [-0.3, -0.25) is 0 Å². The van der Waals surface area contributed by atoms with Crippen molar-refractivity contribution in [1.29, 1.82) is 0 Å². The van der Waals surface area contributed by atoms with Crippen molar-refractivity contribution in [2.75, 3.05) is 0 Å². The van der Waals surface area contributed by atoms with Crippen molar-refractivity contribution < 1.29 is 0 Å². The Morgan fingerprint density at radius 1 is 1.22 bits per heavy atom. The summed E-state index contributed by atoms with van der Waals surface area (Å²) in [6, 6.07) is 0. The third-order valence-electron chi connectivity index (χ3n) is 1.07. The zero-order chi connectivity index (χ0) is 6.95. The third kappa shape index (κ3) is 7.48. The highest BCUT2D eigenvalue weighted by Crippen LogP contribution is 1.96. The maximum Gasteiger partial charge on any atom is -0.0345 e. The molecule has 0 aromatic rings. The van der Waals surface area contributed by atoms with Crippen LogP contribution in [0.15, 0.2) is 18.2 Å². The predicted octanol–water partition coefficient (Wildman–Crippen LogP) is 2.93. The lowest BCUT2D eigenvalue weighted by Crippen LogP contribution is -1.66. The van der Waals surface area contributed by atoms with E-state index in [2.05, 4.69) is 19.1 Å². The molecule has 0 nitrogen and oxygen atoms in total. The van der Waals surface area contributed by atoms with Gasteiger partial charge in [0, 0.05) is 0 Å². The molecule has 0 N–H and O–H groups in total. The van der Waals surface area contributed by atoms with Gasteiger partial charge in [0.1, 0.15) is 0 Å². The zero-order valence-electron chi connectivity index (χ0n) is 5.84. The molecule has 0 unspecified atom stereocenters. The Morgan fingerprint density at radius 3 is 2.56 bits per heavy atom. The topological polar surface area (TPSA) is 0 Å². The van der Waals surface area contributed by atoms with Crippen molar-refractivity contribution in [2.45, 2.75) is 25.7 Å². The van der Waals surface area contributed by atoms with Gasteiger partial charge >= 0.3 is 0 Å². The normalized spacial score (nSPS) is 10.3. The van der Waals surface area contributed by atoms with Crippen LogP contribution in [-0.2, 0) is 0 Å². The minimum absolute atomic E-state index is 0.895. The Balaban J connectivity index is 2.90. The fraction of sp³-hybridized carbons (Fsp3) is 0.444. The van der Waals surface area contributed by atoms with Gasteiger partial charge in [-0.05, 0) is 32.6 Å². The van der Waals surface area contributed by atoms with Crippen LogP contribution in [-0.4, -0.2) is 0 Å². The van der Waals surface area contributed by atoms with Gasteiger partial charge < -0.3 is 0 Å². The first-order valence-electron chi connectivity index (χ1n) is 3.39. The smallest absolute Gasteiger partial charge is 0.0345 e. The summed E-state index contributed by atoms with van der Waals surface area (Å²) < 4.78 is 0. The summed E-state index contributed by atoms with van der Waals surface area (Å²) in [4.78, 5) is 0. The lowest BCUT2D eigenvalue weighted by molar-refractivity contribution is 0.866. The molecule has 0 aromatic carbocycles. The summed E-state index contributed by atoms with van der Waals surface area (Å²) in [6.07, 6.45) is 10.1. The van der Waals surface area contributed by atoms with E-state index in [9.17, 15) is 0 Å². The molecule has 0 heterocycles. The van der Waals surface area contributed by atoms with Gasteiger partial charge in [0.2, 0.25) is 0 Å². The second kappa shape index (κ2) is 7.48. The summed E-state index contributed by atoms with van der Waals surface area (Å²) in [5, 5.41) is 0. The van der Waals surface area contributed by atoms with E-state index in [0.29, 0.717) is 0 Å². The minimum Gasteiger partial charge on any atom is -0.0885 e. The molecule has 0 bridgehead atoms. The number of rotatable bonds is 5. The molecular formula is C9H14. The molecule has 0 rings (SSSR count). The summed E-state index contributed by atoms with van der Waals surface area (Å²) >= 11 is 0. The van der Waals surface area contributed by atoms with Gasteiger partial charge in [-0.2, -0.15) is 0 Å². The highest BCUT2D eigenvalue weighted by Gasteiger charge is 1.76. The van der Waals surface area contributed by atoms with Crippen LogP contribution >= 0.6 is 0 Å². The SMILES string of the molecule is [CH]=CCCCC=CC[CH2]. The monoisotopic (exact) mass is 122 g/mol. The molecule has 0 aliphatic carbocycles. The molecule has 0 spiro atoms. The third-order valence-corrected chi connectivity index (χ3v) is 1.07. The van der Waals surface area contributed by atoms with Crippen LogP contribution in [0.1, 0.15) is 25.7 Å². The Labute approximate surface area is 58.3 Å². The van der Waals surface area contributed by atoms with Crippen LogP contribution in [0.3, 0.4) is 0 Å². The molecule has 50 valence electrons. The van der Waals surface area contributed by atoms with Crippen molar-refractivity contribution in [3.8, 4) is 0 Å². The number of unbranched alkanes of at least 4 members (excludes halogenated alkanes) is 2. The van der Waals surface area contributed by atoms with Crippen LogP contribution in [0.2, 0.25) is 0 Å². The molecule has 0 heteroatoms. The van der Waals surface area contributed by atoms with Crippen molar-refractivity contribution in [1.82, 2.24) is 0 Å². The van der Waals surface area contributed by atoms with Gasteiger partial charge in [-0.1, -0.05) is 24.8 Å². The molecular weight excluding hydrogens is 108 g/mol. The summed E-state index contributed by atoms with van der Waals surface area (Å²) in [5.41, 5.74) is 0. The molecule has 0 fully saturated rings. The Morgan fingerprint density at radius 2 is 2.00 bits per heavy atom. The highest BCUT2D eigenvalue weighted by atomic mass is 13.8. The first-order chi connectivity index (χ1) is 4.41. The lowest BCUT2D eigenvalue weighted by Gasteiger charge is -1.86. The van der Waals surface area contributed by atoms with Gasteiger partial charge in [-0.25, -0.2) is 0 Å². The Kier molecular flexibility index (Phi) is 7.05. The van der Waals surface area contributed by atoms with E-state index in [1.165, 1.54) is 0 Å². The van der Waals surface area contributed by atoms with E-state index >= 15 is 0 Å². The molecule has 9 heavy (non-hydrogen) atoms. The summed E-state index contributed by atoms with van der Waals surface area (Å²) in [6.45, 7) is 8.87. The van der Waals surface area contributed by atoms with Crippen LogP contribution < -0.4 is 0 Å². The van der Waals surface area contributed by atoms with E-state index < -0.39 is 0 Å². The molecule has 0 saturated heterocycles. The molecule has 0 aromatic heterocycles. The van der Waals surface area contributed by atoms with Crippen LogP contribution in [0.25, 0.3) is 0 Å². The summed E-state index contributed by atoms with van der Waals surface area (Å²) in [7, 11) is 0. The minimum atomic E-state index is 0.895. The average Bonchev–Trinajstić information content (AvgIpc) is 1.89. The van der Waals surface area contributed by atoms with Crippen molar-refractivity contribution in [3.63, 3.8) is 0 Å². The second-order valence-electron chi connectivity index (χ2n) is 1.93. The lowest BCUT2D eigenvalue weighted by atomic mass is 10.2. The molecule has 0 aliphatic heterocycles.